The molecule has 28 heavy (non-hydrogen) atoms. The Balaban J connectivity index is 1.48. The van der Waals surface area contributed by atoms with Gasteiger partial charge in [0.25, 0.3) is 0 Å². The van der Waals surface area contributed by atoms with Gasteiger partial charge in [-0.05, 0) is 52.3 Å². The van der Waals surface area contributed by atoms with Gasteiger partial charge in [-0.25, -0.2) is 4.98 Å². The minimum atomic E-state index is -0.268. The van der Waals surface area contributed by atoms with Crippen molar-refractivity contribution in [3.05, 3.63) is 53.6 Å². The van der Waals surface area contributed by atoms with E-state index in [0.29, 0.717) is 11.8 Å². The number of rotatable bonds is 6. The third kappa shape index (κ3) is 3.72. The molecule has 0 bridgehead atoms. The molecule has 4 rings (SSSR count). The number of hydrogen-bond donors (Lipinski definition) is 0. The summed E-state index contributed by atoms with van der Waals surface area (Å²) in [5, 5.41) is 0. The highest BCUT2D eigenvalue weighted by Crippen LogP contribution is 2.50. The second-order valence-corrected chi connectivity index (χ2v) is 8.82. The second-order valence-electron chi connectivity index (χ2n) is 8.82. The normalized spacial score (nSPS) is 21.1. The van der Waals surface area contributed by atoms with Crippen LogP contribution in [0, 0.1) is 6.92 Å². The number of carbonyl (C=O) groups excluding carboxylic acids is 1. The van der Waals surface area contributed by atoms with Gasteiger partial charge in [-0.1, -0.05) is 29.8 Å². The van der Waals surface area contributed by atoms with E-state index in [-0.39, 0.29) is 5.41 Å². The van der Waals surface area contributed by atoms with Crippen molar-refractivity contribution in [2.45, 2.75) is 50.5 Å². The molecule has 2 aromatic rings. The number of aryl methyl sites for hydroxylation is 1. The third-order valence-electron chi connectivity index (χ3n) is 6.37. The molecule has 1 unspecified atom stereocenters. The molecule has 5 nitrogen and oxygen atoms in total. The Kier molecular flexibility index (Phi) is 5.28. The number of amides is 1. The molecule has 0 spiro atoms. The summed E-state index contributed by atoms with van der Waals surface area (Å²) in [5.74, 6) is 1.80. The molecular weight excluding hydrogens is 348 g/mol. The van der Waals surface area contributed by atoms with E-state index in [2.05, 4.69) is 70.8 Å². The van der Waals surface area contributed by atoms with Crippen LogP contribution in [-0.2, 0) is 16.8 Å². The van der Waals surface area contributed by atoms with Crippen LogP contribution >= 0.6 is 0 Å². The zero-order chi connectivity index (χ0) is 19.7. The van der Waals surface area contributed by atoms with Crippen LogP contribution in [0.3, 0.4) is 0 Å². The van der Waals surface area contributed by atoms with E-state index in [0.717, 1.165) is 57.7 Å². The van der Waals surface area contributed by atoms with Crippen molar-refractivity contribution in [2.24, 2.45) is 0 Å². The maximum atomic E-state index is 13.5. The molecule has 150 valence electrons. The highest BCUT2D eigenvalue weighted by atomic mass is 16.2. The van der Waals surface area contributed by atoms with Gasteiger partial charge in [-0.3, -0.25) is 4.79 Å². The SMILES string of the molecule is Cc1ccc(C2(C(=O)N3CCCC(c4nccn4CCN(C)C)C3)CC2)cc1. The second kappa shape index (κ2) is 7.70. The summed E-state index contributed by atoms with van der Waals surface area (Å²) in [7, 11) is 4.19. The summed E-state index contributed by atoms with van der Waals surface area (Å²) in [6.07, 6.45) is 8.11. The van der Waals surface area contributed by atoms with Gasteiger partial charge in [-0.15, -0.1) is 0 Å². The summed E-state index contributed by atoms with van der Waals surface area (Å²) < 4.78 is 2.27. The summed E-state index contributed by atoms with van der Waals surface area (Å²) in [4.78, 5) is 22.4. The van der Waals surface area contributed by atoms with Gasteiger partial charge in [0.1, 0.15) is 5.82 Å². The van der Waals surface area contributed by atoms with E-state index in [1.165, 1.54) is 11.1 Å². The van der Waals surface area contributed by atoms with Crippen molar-refractivity contribution in [3.8, 4) is 0 Å². The van der Waals surface area contributed by atoms with Crippen LogP contribution < -0.4 is 0 Å². The van der Waals surface area contributed by atoms with Crippen molar-refractivity contribution in [3.63, 3.8) is 0 Å². The molecule has 0 N–H and O–H groups in total. The summed E-state index contributed by atoms with van der Waals surface area (Å²) in [6.45, 7) is 5.71. The molecule has 0 radical (unpaired) electrons. The zero-order valence-corrected chi connectivity index (χ0v) is 17.4. The van der Waals surface area contributed by atoms with Gasteiger partial charge in [0.05, 0.1) is 5.41 Å². The van der Waals surface area contributed by atoms with Crippen molar-refractivity contribution >= 4 is 5.91 Å². The number of hydrogen-bond acceptors (Lipinski definition) is 3. The van der Waals surface area contributed by atoms with Gasteiger partial charge in [-0.2, -0.15) is 0 Å². The predicted octanol–water partition coefficient (Wildman–Crippen LogP) is 3.19. The Morgan fingerprint density at radius 1 is 1.25 bits per heavy atom. The molecular formula is C23H32N4O. The third-order valence-corrected chi connectivity index (χ3v) is 6.37. The molecule has 2 aliphatic rings. The lowest BCUT2D eigenvalue weighted by Crippen LogP contribution is -2.45. The van der Waals surface area contributed by atoms with Gasteiger partial charge in [0.15, 0.2) is 0 Å². The van der Waals surface area contributed by atoms with Gasteiger partial charge in [0, 0.05) is 44.5 Å². The Bertz CT molecular complexity index is 819. The van der Waals surface area contributed by atoms with Crippen molar-refractivity contribution in [1.29, 1.82) is 0 Å². The smallest absolute Gasteiger partial charge is 0.233 e. The van der Waals surface area contributed by atoms with Gasteiger partial charge in [0.2, 0.25) is 5.91 Å². The van der Waals surface area contributed by atoms with Crippen molar-refractivity contribution in [1.82, 2.24) is 19.4 Å². The van der Waals surface area contributed by atoms with Crippen LogP contribution in [0.1, 0.15) is 48.6 Å². The van der Waals surface area contributed by atoms with E-state index in [1.54, 1.807) is 0 Å². The Hall–Kier alpha value is -2.14. The molecule has 1 saturated carbocycles. The fourth-order valence-electron chi connectivity index (χ4n) is 4.48. The molecule has 2 fully saturated rings. The van der Waals surface area contributed by atoms with Gasteiger partial charge < -0.3 is 14.4 Å². The molecule has 1 saturated heterocycles. The van der Waals surface area contributed by atoms with Crippen LogP contribution in [0.2, 0.25) is 0 Å². The number of likely N-dealkylation sites (N-methyl/N-ethyl adjacent to an activating group) is 1. The lowest BCUT2D eigenvalue weighted by Gasteiger charge is -2.35. The summed E-state index contributed by atoms with van der Waals surface area (Å²) in [5.41, 5.74) is 2.17. The molecule has 1 aliphatic heterocycles. The van der Waals surface area contributed by atoms with Gasteiger partial charge >= 0.3 is 0 Å². The number of piperidine rings is 1. The van der Waals surface area contributed by atoms with Crippen molar-refractivity contribution < 1.29 is 4.79 Å². The standard InChI is InChI=1S/C23H32N4O/c1-18-6-8-20(9-7-18)23(10-11-23)22(28)27-13-4-5-19(17-27)21-24-12-14-26(21)16-15-25(2)3/h6-9,12,14,19H,4-5,10-11,13,15-17H2,1-3H3. The van der Waals surface area contributed by atoms with Crippen LogP contribution in [0.15, 0.2) is 36.7 Å². The topological polar surface area (TPSA) is 41.4 Å². The first kappa shape index (κ1) is 19.2. The molecule has 1 atom stereocenters. The van der Waals surface area contributed by atoms with E-state index >= 15 is 0 Å². The first-order chi connectivity index (χ1) is 13.5. The fourth-order valence-corrected chi connectivity index (χ4v) is 4.48. The number of benzene rings is 1. The van der Waals surface area contributed by atoms with Crippen LogP contribution in [0.4, 0.5) is 0 Å². The highest BCUT2D eigenvalue weighted by Gasteiger charge is 2.53. The molecule has 1 aromatic carbocycles. The van der Waals surface area contributed by atoms with E-state index in [9.17, 15) is 4.79 Å². The maximum Gasteiger partial charge on any atom is 0.233 e. The minimum absolute atomic E-state index is 0.268. The minimum Gasteiger partial charge on any atom is -0.341 e. The lowest BCUT2D eigenvalue weighted by atomic mass is 9.90. The number of aromatic nitrogens is 2. The molecule has 1 aromatic heterocycles. The number of imidazole rings is 1. The summed E-state index contributed by atoms with van der Waals surface area (Å²) in [6, 6.07) is 8.55. The number of likely N-dealkylation sites (tertiary alicyclic amines) is 1. The van der Waals surface area contributed by atoms with Crippen LogP contribution in [-0.4, -0.2) is 59.0 Å². The molecule has 2 heterocycles. The van der Waals surface area contributed by atoms with E-state index < -0.39 is 0 Å². The first-order valence-corrected chi connectivity index (χ1v) is 10.5. The first-order valence-electron chi connectivity index (χ1n) is 10.5. The van der Waals surface area contributed by atoms with E-state index in [4.69, 9.17) is 0 Å². The van der Waals surface area contributed by atoms with E-state index in [1.807, 2.05) is 6.20 Å². The predicted molar refractivity (Wildman–Crippen MR) is 111 cm³/mol. The fraction of sp³-hybridized carbons (Fsp3) is 0.565. The highest BCUT2D eigenvalue weighted by molar-refractivity contribution is 5.91. The number of nitrogens with zero attached hydrogens (tertiary/aromatic N) is 4. The monoisotopic (exact) mass is 380 g/mol. The largest absolute Gasteiger partial charge is 0.341 e. The quantitative estimate of drug-likeness (QED) is 0.773. The lowest BCUT2D eigenvalue weighted by molar-refractivity contribution is -0.135. The number of carbonyl (C=O) groups is 1. The Morgan fingerprint density at radius 2 is 2.00 bits per heavy atom. The molecule has 1 aliphatic carbocycles. The zero-order valence-electron chi connectivity index (χ0n) is 17.4. The van der Waals surface area contributed by atoms with Crippen LogP contribution in [0.5, 0.6) is 0 Å². The molecule has 1 amide bonds. The molecule has 5 heteroatoms. The Labute approximate surface area is 168 Å². The average molecular weight is 381 g/mol. The van der Waals surface area contributed by atoms with Crippen molar-refractivity contribution in [2.75, 3.05) is 33.7 Å². The Morgan fingerprint density at radius 3 is 2.68 bits per heavy atom. The summed E-state index contributed by atoms with van der Waals surface area (Å²) >= 11 is 0. The van der Waals surface area contributed by atoms with Crippen LogP contribution in [0.25, 0.3) is 0 Å². The average Bonchev–Trinajstić information content (AvgIpc) is 3.37. The maximum absolute atomic E-state index is 13.5.